The van der Waals surface area contributed by atoms with E-state index in [1.54, 1.807) is 22.6 Å². The van der Waals surface area contributed by atoms with E-state index in [9.17, 15) is 34.4 Å². The molecular formula is C14H7IN4O7. The van der Waals surface area contributed by atoms with Crippen LogP contribution in [0.5, 0.6) is 0 Å². The molecule has 0 spiro atoms. The molecule has 1 aliphatic heterocycles. The van der Waals surface area contributed by atoms with Gasteiger partial charge in [0.2, 0.25) is 0 Å². The number of imide groups is 1. The minimum atomic E-state index is -1.53. The fourth-order valence-corrected chi connectivity index (χ4v) is 3.44. The number of nitro groups is 1. The van der Waals surface area contributed by atoms with Gasteiger partial charge in [-0.05, 0) is 22.6 Å². The van der Waals surface area contributed by atoms with Crippen LogP contribution in [0.15, 0.2) is 23.0 Å². The van der Waals surface area contributed by atoms with Gasteiger partial charge in [-0.25, -0.2) is 4.79 Å². The standard InChI is InChI=1S/C14H7IN4O7/c15-7-2-4(19(25)26)1-6(14(23)24)10(7)18-8(20)3-5-9(11(18)16)13(22)17-12(5)21/h1-3H,16H2,(H,23,24)(H,17,21,22). The molecular weight excluding hydrogens is 463 g/mol. The van der Waals surface area contributed by atoms with Crippen molar-refractivity contribution in [1.82, 2.24) is 9.88 Å². The molecule has 12 heteroatoms. The second-order valence-corrected chi connectivity index (χ2v) is 6.32. The monoisotopic (exact) mass is 470 g/mol. The van der Waals surface area contributed by atoms with Gasteiger partial charge in [-0.1, -0.05) is 0 Å². The lowest BCUT2D eigenvalue weighted by Gasteiger charge is -2.15. The molecule has 0 aliphatic carbocycles. The molecule has 3 rings (SSSR count). The predicted molar refractivity (Wildman–Crippen MR) is 94.6 cm³/mol. The number of carboxylic acid groups (broad SMARTS) is 1. The number of nitrogens with two attached hydrogens (primary N) is 1. The van der Waals surface area contributed by atoms with E-state index in [4.69, 9.17) is 5.73 Å². The fraction of sp³-hybridized carbons (Fsp3) is 0. The first-order chi connectivity index (χ1) is 12.1. The SMILES string of the molecule is Nc1c2c(cc(=O)n1-c1c(I)cc([N+](=O)[O-])cc1C(=O)O)C(=O)NC2=O. The Hall–Kier alpha value is -3.29. The summed E-state index contributed by atoms with van der Waals surface area (Å²) in [6.07, 6.45) is 0. The Morgan fingerprint density at radius 1 is 1.23 bits per heavy atom. The highest BCUT2D eigenvalue weighted by molar-refractivity contribution is 14.1. The van der Waals surface area contributed by atoms with Crippen LogP contribution < -0.4 is 16.6 Å². The van der Waals surface area contributed by atoms with Crippen LogP contribution in [0.4, 0.5) is 11.5 Å². The Morgan fingerprint density at radius 2 is 1.88 bits per heavy atom. The van der Waals surface area contributed by atoms with Crippen molar-refractivity contribution in [1.29, 1.82) is 0 Å². The van der Waals surface area contributed by atoms with Crippen LogP contribution in [0.2, 0.25) is 0 Å². The summed E-state index contributed by atoms with van der Waals surface area (Å²) < 4.78 is 0.791. The van der Waals surface area contributed by atoms with Crippen LogP contribution in [0.1, 0.15) is 31.1 Å². The van der Waals surface area contributed by atoms with Gasteiger partial charge in [0.05, 0.1) is 27.3 Å². The van der Waals surface area contributed by atoms with Crippen molar-refractivity contribution in [3.05, 3.63) is 58.9 Å². The number of nitro benzene ring substituents is 1. The predicted octanol–water partition coefficient (Wildman–Crippen LogP) is 0.514. The molecule has 2 aromatic rings. The number of anilines is 1. The summed E-state index contributed by atoms with van der Waals surface area (Å²) in [4.78, 5) is 57.8. The molecule has 4 N–H and O–H groups in total. The van der Waals surface area contributed by atoms with Crippen molar-refractivity contribution in [2.45, 2.75) is 0 Å². The maximum atomic E-state index is 12.5. The number of nitrogens with one attached hydrogen (secondary N) is 1. The Bertz CT molecular complexity index is 1110. The number of benzene rings is 1. The largest absolute Gasteiger partial charge is 0.478 e. The summed E-state index contributed by atoms with van der Waals surface area (Å²) in [5, 5.41) is 22.4. The van der Waals surface area contributed by atoms with Crippen molar-refractivity contribution < 1.29 is 24.4 Å². The summed E-state index contributed by atoms with van der Waals surface area (Å²) >= 11 is 1.62. The van der Waals surface area contributed by atoms with Crippen molar-refractivity contribution in [2.75, 3.05) is 5.73 Å². The average molecular weight is 470 g/mol. The number of pyridine rings is 1. The van der Waals surface area contributed by atoms with Gasteiger partial charge in [0.15, 0.2) is 0 Å². The number of non-ortho nitro benzene ring substituents is 1. The van der Waals surface area contributed by atoms with E-state index >= 15 is 0 Å². The Morgan fingerprint density at radius 3 is 2.46 bits per heavy atom. The fourth-order valence-electron chi connectivity index (χ4n) is 2.59. The Balaban J connectivity index is 2.43. The van der Waals surface area contributed by atoms with Gasteiger partial charge in [0.1, 0.15) is 5.82 Å². The molecule has 0 unspecified atom stereocenters. The number of halogens is 1. The van der Waals surface area contributed by atoms with Crippen molar-refractivity contribution in [3.63, 3.8) is 0 Å². The number of aromatic carboxylic acids is 1. The van der Waals surface area contributed by atoms with Crippen LogP contribution >= 0.6 is 22.6 Å². The molecule has 11 nitrogen and oxygen atoms in total. The molecule has 2 heterocycles. The normalized spacial score (nSPS) is 12.7. The maximum Gasteiger partial charge on any atom is 0.338 e. The van der Waals surface area contributed by atoms with E-state index < -0.39 is 45.3 Å². The molecule has 26 heavy (non-hydrogen) atoms. The zero-order chi connectivity index (χ0) is 19.3. The molecule has 0 bridgehead atoms. The van der Waals surface area contributed by atoms with E-state index in [0.29, 0.717) is 0 Å². The van der Waals surface area contributed by atoms with E-state index in [2.05, 4.69) is 0 Å². The van der Waals surface area contributed by atoms with E-state index in [-0.39, 0.29) is 20.4 Å². The lowest BCUT2D eigenvalue weighted by molar-refractivity contribution is -0.385. The second-order valence-electron chi connectivity index (χ2n) is 5.16. The summed E-state index contributed by atoms with van der Waals surface area (Å²) in [5.74, 6) is -3.60. The number of carbonyl (C=O) groups is 3. The third kappa shape index (κ3) is 2.50. The van der Waals surface area contributed by atoms with Crippen molar-refractivity contribution in [3.8, 4) is 5.69 Å². The number of amides is 2. The van der Waals surface area contributed by atoms with Gasteiger partial charge in [0.25, 0.3) is 23.1 Å². The van der Waals surface area contributed by atoms with Gasteiger partial charge in [-0.3, -0.25) is 34.4 Å². The van der Waals surface area contributed by atoms with E-state index in [1.807, 2.05) is 5.32 Å². The van der Waals surface area contributed by atoms with Crippen LogP contribution in [0, 0.1) is 13.7 Å². The number of fused-ring (bicyclic) bond motifs is 1. The number of carboxylic acids is 1. The van der Waals surface area contributed by atoms with Gasteiger partial charge in [0, 0.05) is 21.8 Å². The zero-order valence-electron chi connectivity index (χ0n) is 12.5. The molecule has 0 saturated heterocycles. The number of hydrogen-bond donors (Lipinski definition) is 3. The smallest absolute Gasteiger partial charge is 0.338 e. The Labute approximate surface area is 156 Å². The van der Waals surface area contributed by atoms with Crippen molar-refractivity contribution >= 4 is 51.9 Å². The van der Waals surface area contributed by atoms with Gasteiger partial charge in [-0.2, -0.15) is 0 Å². The molecule has 1 aromatic carbocycles. The zero-order valence-corrected chi connectivity index (χ0v) is 14.6. The molecule has 2 amide bonds. The highest BCUT2D eigenvalue weighted by Crippen LogP contribution is 2.30. The Kier molecular flexibility index (Phi) is 3.98. The quantitative estimate of drug-likeness (QED) is 0.252. The number of nitrogens with zero attached hydrogens (tertiary/aromatic N) is 2. The summed E-state index contributed by atoms with van der Waals surface area (Å²) in [6, 6.07) is 2.70. The molecule has 1 aromatic heterocycles. The number of nitrogen functional groups attached to an aromatic ring is 1. The second kappa shape index (κ2) is 5.91. The molecule has 0 fully saturated rings. The van der Waals surface area contributed by atoms with Gasteiger partial charge < -0.3 is 10.8 Å². The van der Waals surface area contributed by atoms with Crippen LogP contribution in [0.25, 0.3) is 5.69 Å². The highest BCUT2D eigenvalue weighted by atomic mass is 127. The first kappa shape index (κ1) is 17.5. The third-order valence-corrected chi connectivity index (χ3v) is 4.49. The molecule has 0 atom stereocenters. The lowest BCUT2D eigenvalue weighted by atomic mass is 10.1. The lowest BCUT2D eigenvalue weighted by Crippen LogP contribution is -2.26. The van der Waals surface area contributed by atoms with Gasteiger partial charge >= 0.3 is 5.97 Å². The number of hydrogen-bond acceptors (Lipinski definition) is 7. The number of carbonyl (C=O) groups excluding carboxylic acids is 2. The van der Waals surface area contributed by atoms with Crippen LogP contribution in [-0.2, 0) is 0 Å². The number of rotatable bonds is 3. The molecule has 1 aliphatic rings. The highest BCUT2D eigenvalue weighted by Gasteiger charge is 2.33. The van der Waals surface area contributed by atoms with Crippen LogP contribution in [-0.4, -0.2) is 32.4 Å². The molecule has 0 radical (unpaired) electrons. The molecule has 0 saturated carbocycles. The van der Waals surface area contributed by atoms with Crippen molar-refractivity contribution in [2.24, 2.45) is 0 Å². The first-order valence-corrected chi connectivity index (χ1v) is 7.84. The van der Waals surface area contributed by atoms with Gasteiger partial charge in [-0.15, -0.1) is 0 Å². The topological polar surface area (TPSA) is 175 Å². The van der Waals surface area contributed by atoms with E-state index in [1.165, 1.54) is 0 Å². The number of aromatic nitrogens is 1. The first-order valence-electron chi connectivity index (χ1n) is 6.76. The maximum absolute atomic E-state index is 12.5. The van der Waals surface area contributed by atoms with Crippen LogP contribution in [0.3, 0.4) is 0 Å². The average Bonchev–Trinajstić information content (AvgIpc) is 2.82. The summed E-state index contributed by atoms with van der Waals surface area (Å²) in [6.45, 7) is 0. The summed E-state index contributed by atoms with van der Waals surface area (Å²) in [5.41, 5.74) is 3.25. The minimum absolute atomic E-state index is 0.0488. The molecule has 132 valence electrons. The minimum Gasteiger partial charge on any atom is -0.478 e. The van der Waals surface area contributed by atoms with E-state index in [0.717, 1.165) is 22.8 Å². The third-order valence-electron chi connectivity index (χ3n) is 3.67. The summed E-state index contributed by atoms with van der Waals surface area (Å²) in [7, 11) is 0.